The summed E-state index contributed by atoms with van der Waals surface area (Å²) >= 11 is 0. The Morgan fingerprint density at radius 2 is 1.96 bits per heavy atom. The molecule has 0 unspecified atom stereocenters. The minimum Gasteiger partial charge on any atom is -0.477 e. The van der Waals surface area contributed by atoms with Gasteiger partial charge in [0, 0.05) is 24.5 Å². The molecular weight excluding hydrogens is 311 g/mol. The van der Waals surface area contributed by atoms with Crippen molar-refractivity contribution in [2.75, 3.05) is 18.0 Å². The topological polar surface area (TPSA) is 62.5 Å². The molecule has 1 saturated carbocycles. The van der Waals surface area contributed by atoms with Crippen LogP contribution in [0.2, 0.25) is 0 Å². The van der Waals surface area contributed by atoms with Crippen LogP contribution < -0.4 is 10.5 Å². The molecule has 1 saturated heterocycles. The summed E-state index contributed by atoms with van der Waals surface area (Å²) in [6, 6.07) is 2.69. The van der Waals surface area contributed by atoms with Gasteiger partial charge in [-0.25, -0.2) is 9.18 Å². The Kier molecular flexibility index (Phi) is 3.20. The third-order valence-electron chi connectivity index (χ3n) is 5.01. The molecule has 24 heavy (non-hydrogen) atoms. The van der Waals surface area contributed by atoms with E-state index in [9.17, 15) is 19.1 Å². The fourth-order valence-electron chi connectivity index (χ4n) is 3.76. The van der Waals surface area contributed by atoms with E-state index < -0.39 is 11.5 Å². The predicted octanol–water partition coefficient (Wildman–Crippen LogP) is 2.94. The van der Waals surface area contributed by atoms with Crippen LogP contribution in [0.15, 0.2) is 16.9 Å². The van der Waals surface area contributed by atoms with E-state index in [2.05, 4.69) is 6.92 Å². The fraction of sp³-hybridized carbons (Fsp3) is 0.444. The molecule has 1 aliphatic heterocycles. The Morgan fingerprint density at radius 3 is 2.50 bits per heavy atom. The van der Waals surface area contributed by atoms with Gasteiger partial charge in [-0.15, -0.1) is 0 Å². The summed E-state index contributed by atoms with van der Waals surface area (Å²) in [5.74, 6) is -1.10. The minimum absolute atomic E-state index is 0.0200. The second-order valence-electron chi connectivity index (χ2n) is 7.05. The van der Waals surface area contributed by atoms with E-state index in [4.69, 9.17) is 0 Å². The number of hydrogen-bond acceptors (Lipinski definition) is 3. The maximum Gasteiger partial charge on any atom is 0.341 e. The molecule has 2 fully saturated rings. The Bertz CT molecular complexity index is 924. The first-order valence-corrected chi connectivity index (χ1v) is 8.25. The van der Waals surface area contributed by atoms with Crippen molar-refractivity contribution in [1.82, 2.24) is 4.57 Å². The highest BCUT2D eigenvalue weighted by Gasteiger charge is 2.32. The van der Waals surface area contributed by atoms with Gasteiger partial charge in [0.15, 0.2) is 0 Å². The van der Waals surface area contributed by atoms with Gasteiger partial charge >= 0.3 is 5.97 Å². The molecule has 4 rings (SSSR count). The van der Waals surface area contributed by atoms with E-state index >= 15 is 0 Å². The summed E-state index contributed by atoms with van der Waals surface area (Å²) in [6.07, 6.45) is 1.70. The maximum absolute atomic E-state index is 14.7. The molecule has 6 heteroatoms. The smallest absolute Gasteiger partial charge is 0.341 e. The molecule has 0 atom stereocenters. The molecule has 0 radical (unpaired) electrons. The fourth-order valence-corrected chi connectivity index (χ4v) is 3.76. The van der Waals surface area contributed by atoms with E-state index in [0.29, 0.717) is 22.5 Å². The molecular formula is C18H19FN2O3. The number of halogens is 1. The number of benzene rings is 1. The number of carbonyl (C=O) groups is 1. The number of carboxylic acid groups (broad SMARTS) is 1. The molecule has 0 spiro atoms. The van der Waals surface area contributed by atoms with Crippen LogP contribution in [0.3, 0.4) is 0 Å². The van der Waals surface area contributed by atoms with Gasteiger partial charge in [-0.05, 0) is 43.4 Å². The monoisotopic (exact) mass is 330 g/mol. The third-order valence-corrected chi connectivity index (χ3v) is 5.01. The van der Waals surface area contributed by atoms with Crippen LogP contribution in [0.1, 0.15) is 41.7 Å². The zero-order valence-corrected chi connectivity index (χ0v) is 13.7. The quantitative estimate of drug-likeness (QED) is 0.940. The summed E-state index contributed by atoms with van der Waals surface area (Å²) in [4.78, 5) is 26.0. The molecule has 1 aliphatic carbocycles. The van der Waals surface area contributed by atoms with Crippen LogP contribution >= 0.6 is 0 Å². The zero-order chi connectivity index (χ0) is 17.2. The first kappa shape index (κ1) is 15.2. The second-order valence-corrected chi connectivity index (χ2v) is 7.05. The van der Waals surface area contributed by atoms with Crippen molar-refractivity contribution in [3.8, 4) is 0 Å². The SMILES string of the molecule is Cc1c(N2CC(C)C2)c(F)cc2cc(C(=O)O)c(=O)n(C3CC3)c12. The number of aromatic carboxylic acids is 1. The van der Waals surface area contributed by atoms with Crippen molar-refractivity contribution >= 4 is 22.6 Å². The third kappa shape index (κ3) is 2.12. The molecule has 1 aromatic carbocycles. The number of fused-ring (bicyclic) bond motifs is 1. The number of carboxylic acids is 1. The van der Waals surface area contributed by atoms with Crippen molar-refractivity contribution < 1.29 is 14.3 Å². The van der Waals surface area contributed by atoms with Crippen LogP contribution in [0.4, 0.5) is 10.1 Å². The number of nitrogens with zero attached hydrogens (tertiary/aromatic N) is 2. The zero-order valence-electron chi connectivity index (χ0n) is 13.7. The molecule has 126 valence electrons. The summed E-state index contributed by atoms with van der Waals surface area (Å²) in [5, 5.41) is 9.77. The normalized spacial score (nSPS) is 18.0. The van der Waals surface area contributed by atoms with Gasteiger partial charge in [-0.2, -0.15) is 0 Å². The first-order chi connectivity index (χ1) is 11.4. The highest BCUT2D eigenvalue weighted by molar-refractivity contribution is 5.95. The van der Waals surface area contributed by atoms with Crippen molar-refractivity contribution in [2.24, 2.45) is 5.92 Å². The Balaban J connectivity index is 2.04. The number of anilines is 1. The first-order valence-electron chi connectivity index (χ1n) is 8.25. The molecule has 1 aromatic heterocycles. The van der Waals surface area contributed by atoms with Crippen LogP contribution in [0, 0.1) is 18.7 Å². The average molecular weight is 330 g/mol. The molecule has 1 N–H and O–H groups in total. The molecule has 2 aromatic rings. The second kappa shape index (κ2) is 5.06. The van der Waals surface area contributed by atoms with E-state index in [1.807, 2.05) is 11.8 Å². The molecule has 2 heterocycles. The lowest BCUT2D eigenvalue weighted by molar-refractivity contribution is 0.0694. The summed E-state index contributed by atoms with van der Waals surface area (Å²) in [6.45, 7) is 5.53. The Morgan fingerprint density at radius 1 is 1.29 bits per heavy atom. The van der Waals surface area contributed by atoms with Gasteiger partial charge in [-0.3, -0.25) is 4.79 Å². The lowest BCUT2D eigenvalue weighted by Gasteiger charge is -2.40. The van der Waals surface area contributed by atoms with Gasteiger partial charge in [0.05, 0.1) is 11.2 Å². The van der Waals surface area contributed by atoms with Gasteiger partial charge < -0.3 is 14.6 Å². The van der Waals surface area contributed by atoms with Crippen LogP contribution in [-0.4, -0.2) is 28.7 Å². The van der Waals surface area contributed by atoms with E-state index in [1.54, 1.807) is 4.57 Å². The maximum atomic E-state index is 14.7. The van der Waals surface area contributed by atoms with Gasteiger partial charge in [0.2, 0.25) is 0 Å². The van der Waals surface area contributed by atoms with Crippen LogP contribution in [-0.2, 0) is 0 Å². The van der Waals surface area contributed by atoms with Gasteiger partial charge in [0.25, 0.3) is 5.56 Å². The van der Waals surface area contributed by atoms with Crippen LogP contribution in [0.25, 0.3) is 10.9 Å². The Labute approximate surface area is 138 Å². The highest BCUT2D eigenvalue weighted by Crippen LogP contribution is 2.40. The van der Waals surface area contributed by atoms with Crippen LogP contribution in [0.5, 0.6) is 0 Å². The van der Waals surface area contributed by atoms with Crippen molar-refractivity contribution in [3.05, 3.63) is 39.4 Å². The predicted molar refractivity (Wildman–Crippen MR) is 89.5 cm³/mol. The average Bonchev–Trinajstić information content (AvgIpc) is 3.29. The van der Waals surface area contributed by atoms with Crippen molar-refractivity contribution in [2.45, 2.75) is 32.7 Å². The number of aromatic nitrogens is 1. The molecule has 2 aliphatic rings. The Hall–Kier alpha value is -2.37. The van der Waals surface area contributed by atoms with Crippen molar-refractivity contribution in [3.63, 3.8) is 0 Å². The molecule has 0 amide bonds. The number of rotatable bonds is 3. The number of pyridine rings is 1. The highest BCUT2D eigenvalue weighted by atomic mass is 19.1. The standard InChI is InChI=1S/C18H19FN2O3/c1-9-7-20(8-9)16-10(2)15-11(6-14(16)19)5-13(18(23)24)17(22)21(15)12-3-4-12/h5-6,9,12H,3-4,7-8H2,1-2H3,(H,23,24). The lowest BCUT2D eigenvalue weighted by Crippen LogP contribution is -2.46. The van der Waals surface area contributed by atoms with E-state index in [0.717, 1.165) is 31.5 Å². The molecule has 5 nitrogen and oxygen atoms in total. The van der Waals surface area contributed by atoms with Gasteiger partial charge in [-0.1, -0.05) is 6.92 Å². The summed E-state index contributed by atoms with van der Waals surface area (Å²) in [5.41, 5.74) is 1.15. The van der Waals surface area contributed by atoms with E-state index in [-0.39, 0.29) is 17.4 Å². The summed E-state index contributed by atoms with van der Waals surface area (Å²) < 4.78 is 16.3. The molecule has 0 bridgehead atoms. The summed E-state index contributed by atoms with van der Waals surface area (Å²) in [7, 11) is 0. The lowest BCUT2D eigenvalue weighted by atomic mass is 9.98. The van der Waals surface area contributed by atoms with E-state index in [1.165, 1.54) is 12.1 Å². The largest absolute Gasteiger partial charge is 0.477 e. The number of aryl methyl sites for hydroxylation is 1. The van der Waals surface area contributed by atoms with Gasteiger partial charge in [0.1, 0.15) is 11.4 Å². The number of hydrogen-bond donors (Lipinski definition) is 1. The minimum atomic E-state index is -1.27. The van der Waals surface area contributed by atoms with Crippen molar-refractivity contribution in [1.29, 1.82) is 0 Å².